The van der Waals surface area contributed by atoms with Gasteiger partial charge in [0.25, 0.3) is 0 Å². The van der Waals surface area contributed by atoms with Gasteiger partial charge in [-0.05, 0) is 16.7 Å². The summed E-state index contributed by atoms with van der Waals surface area (Å²) in [5.74, 6) is 0. The fraction of sp³-hybridized carbons (Fsp3) is 0.333. The molecule has 1 heterocycles. The van der Waals surface area contributed by atoms with E-state index in [1.807, 2.05) is 91.0 Å². The van der Waals surface area contributed by atoms with E-state index in [1.54, 1.807) is 0 Å². The van der Waals surface area contributed by atoms with Crippen molar-refractivity contribution in [3.63, 3.8) is 0 Å². The Bertz CT molecular complexity index is 937. The normalized spacial score (nSPS) is 25.1. The molecule has 0 radical (unpaired) electrons. The zero-order chi connectivity index (χ0) is 22.9. The maximum absolute atomic E-state index is 11.1. The largest absolute Gasteiger partial charge is 0.387 e. The van der Waals surface area contributed by atoms with Gasteiger partial charge in [0.1, 0.15) is 24.4 Å². The maximum atomic E-state index is 11.1. The lowest BCUT2D eigenvalue weighted by molar-refractivity contribution is -0.309. The SMILES string of the molecule is O[C@@H]1C(COCc2ccccc2)O[C@H](O)C(OCc2ccccc2)[C@H]1OCc1ccccc1. The van der Waals surface area contributed by atoms with Crippen LogP contribution in [0.2, 0.25) is 0 Å². The van der Waals surface area contributed by atoms with Gasteiger partial charge in [-0.25, -0.2) is 0 Å². The van der Waals surface area contributed by atoms with Crippen molar-refractivity contribution < 1.29 is 29.2 Å². The quantitative estimate of drug-likeness (QED) is 0.493. The third-order valence-electron chi connectivity index (χ3n) is 5.60. The van der Waals surface area contributed by atoms with Crippen LogP contribution in [0.1, 0.15) is 16.7 Å². The van der Waals surface area contributed by atoms with Crippen molar-refractivity contribution in [2.75, 3.05) is 6.61 Å². The molecular formula is C27H30O6. The van der Waals surface area contributed by atoms with E-state index in [0.29, 0.717) is 6.61 Å². The van der Waals surface area contributed by atoms with Crippen LogP contribution in [0.25, 0.3) is 0 Å². The monoisotopic (exact) mass is 450 g/mol. The van der Waals surface area contributed by atoms with Crippen molar-refractivity contribution >= 4 is 0 Å². The van der Waals surface area contributed by atoms with Crippen molar-refractivity contribution in [1.82, 2.24) is 0 Å². The average Bonchev–Trinajstić information content (AvgIpc) is 2.86. The summed E-state index contributed by atoms with van der Waals surface area (Å²) in [6.07, 6.45) is -4.68. The molecule has 6 heteroatoms. The Kier molecular flexibility index (Phi) is 8.60. The van der Waals surface area contributed by atoms with Crippen LogP contribution in [0.3, 0.4) is 0 Å². The molecule has 2 N–H and O–H groups in total. The first kappa shape index (κ1) is 23.6. The van der Waals surface area contributed by atoms with Gasteiger partial charge in [0, 0.05) is 0 Å². The Morgan fingerprint density at radius 1 is 0.606 bits per heavy atom. The standard InChI is InChI=1S/C27H30O6/c28-24-23(19-30-16-20-10-4-1-5-11-20)33-27(29)26(32-18-22-14-8-3-9-15-22)25(24)31-17-21-12-6-2-7-13-21/h1-15,23-29H,16-19H2/t23?,24-,25+,26?,27+/m1/s1. The van der Waals surface area contributed by atoms with E-state index in [2.05, 4.69) is 0 Å². The minimum absolute atomic E-state index is 0.115. The van der Waals surface area contributed by atoms with E-state index < -0.39 is 30.7 Å². The minimum atomic E-state index is -1.26. The molecule has 3 aromatic rings. The Balaban J connectivity index is 1.41. The maximum Gasteiger partial charge on any atom is 0.184 e. The predicted molar refractivity (Wildman–Crippen MR) is 123 cm³/mol. The highest BCUT2D eigenvalue weighted by atomic mass is 16.7. The highest BCUT2D eigenvalue weighted by Gasteiger charge is 2.46. The van der Waals surface area contributed by atoms with Crippen LogP contribution in [0.4, 0.5) is 0 Å². The van der Waals surface area contributed by atoms with Crippen LogP contribution in [0, 0.1) is 0 Å². The Morgan fingerprint density at radius 3 is 1.58 bits per heavy atom. The number of rotatable bonds is 10. The zero-order valence-electron chi connectivity index (χ0n) is 18.4. The second-order valence-corrected chi connectivity index (χ2v) is 8.08. The number of ether oxygens (including phenoxy) is 4. The summed E-state index contributed by atoms with van der Waals surface area (Å²) < 4.78 is 23.5. The molecule has 1 fully saturated rings. The Morgan fingerprint density at radius 2 is 1.06 bits per heavy atom. The molecule has 5 atom stereocenters. The number of hydrogen-bond donors (Lipinski definition) is 2. The molecule has 0 spiro atoms. The van der Waals surface area contributed by atoms with Crippen molar-refractivity contribution in [3.05, 3.63) is 108 Å². The second kappa shape index (κ2) is 12.0. The number of aliphatic hydroxyl groups is 2. The van der Waals surface area contributed by atoms with Gasteiger partial charge >= 0.3 is 0 Å². The van der Waals surface area contributed by atoms with E-state index in [9.17, 15) is 10.2 Å². The second-order valence-electron chi connectivity index (χ2n) is 8.08. The van der Waals surface area contributed by atoms with Crippen LogP contribution in [-0.2, 0) is 38.8 Å². The molecule has 1 saturated heterocycles. The van der Waals surface area contributed by atoms with Crippen LogP contribution >= 0.6 is 0 Å². The van der Waals surface area contributed by atoms with Crippen molar-refractivity contribution in [2.45, 2.75) is 50.5 Å². The fourth-order valence-corrected chi connectivity index (χ4v) is 3.81. The lowest BCUT2D eigenvalue weighted by Crippen LogP contribution is -2.60. The van der Waals surface area contributed by atoms with Crippen molar-refractivity contribution in [3.8, 4) is 0 Å². The van der Waals surface area contributed by atoms with Gasteiger partial charge in [0.2, 0.25) is 0 Å². The van der Waals surface area contributed by atoms with Crippen LogP contribution in [0.5, 0.6) is 0 Å². The highest BCUT2D eigenvalue weighted by Crippen LogP contribution is 2.27. The van der Waals surface area contributed by atoms with Crippen molar-refractivity contribution in [1.29, 1.82) is 0 Å². The molecular weight excluding hydrogens is 420 g/mol. The molecule has 6 nitrogen and oxygen atoms in total. The van der Waals surface area contributed by atoms with Crippen LogP contribution in [-0.4, -0.2) is 47.5 Å². The van der Waals surface area contributed by atoms with Crippen LogP contribution in [0.15, 0.2) is 91.0 Å². The molecule has 0 aromatic heterocycles. The third kappa shape index (κ3) is 6.71. The zero-order valence-corrected chi connectivity index (χ0v) is 18.4. The summed E-state index contributed by atoms with van der Waals surface area (Å²) in [6, 6.07) is 29.1. The molecule has 0 amide bonds. The first-order valence-corrected chi connectivity index (χ1v) is 11.1. The summed E-state index contributed by atoms with van der Waals surface area (Å²) in [5, 5.41) is 21.8. The van der Waals surface area contributed by atoms with E-state index >= 15 is 0 Å². The Hall–Kier alpha value is -2.58. The number of hydrogen-bond acceptors (Lipinski definition) is 6. The molecule has 174 valence electrons. The number of benzene rings is 3. The summed E-state index contributed by atoms with van der Waals surface area (Å²) in [6.45, 7) is 1.04. The summed E-state index contributed by atoms with van der Waals surface area (Å²) >= 11 is 0. The first-order chi connectivity index (χ1) is 16.2. The molecule has 0 saturated carbocycles. The van der Waals surface area contributed by atoms with Crippen molar-refractivity contribution in [2.24, 2.45) is 0 Å². The fourth-order valence-electron chi connectivity index (χ4n) is 3.81. The molecule has 33 heavy (non-hydrogen) atoms. The molecule has 1 aliphatic heterocycles. The molecule has 2 unspecified atom stereocenters. The van der Waals surface area contributed by atoms with Gasteiger partial charge in [0.15, 0.2) is 6.29 Å². The Labute approximate surface area is 194 Å². The topological polar surface area (TPSA) is 77.4 Å². The summed E-state index contributed by atoms with van der Waals surface area (Å²) in [4.78, 5) is 0. The molecule has 3 aromatic carbocycles. The van der Waals surface area contributed by atoms with E-state index in [1.165, 1.54) is 0 Å². The molecule has 0 aliphatic carbocycles. The van der Waals surface area contributed by atoms with E-state index in [0.717, 1.165) is 16.7 Å². The average molecular weight is 451 g/mol. The van der Waals surface area contributed by atoms with E-state index in [4.69, 9.17) is 18.9 Å². The summed E-state index contributed by atoms with van der Waals surface area (Å²) in [7, 11) is 0. The van der Waals surface area contributed by atoms with Gasteiger partial charge in [-0.15, -0.1) is 0 Å². The lowest BCUT2D eigenvalue weighted by atomic mass is 9.98. The molecule has 1 aliphatic rings. The van der Waals surface area contributed by atoms with E-state index in [-0.39, 0.29) is 19.8 Å². The van der Waals surface area contributed by atoms with Gasteiger partial charge in [-0.3, -0.25) is 0 Å². The number of aliphatic hydroxyl groups excluding tert-OH is 2. The molecule has 4 rings (SSSR count). The van der Waals surface area contributed by atoms with Crippen LogP contribution < -0.4 is 0 Å². The lowest BCUT2D eigenvalue weighted by Gasteiger charge is -2.42. The van der Waals surface area contributed by atoms with Gasteiger partial charge in [-0.2, -0.15) is 0 Å². The molecule has 0 bridgehead atoms. The van der Waals surface area contributed by atoms with Gasteiger partial charge in [-0.1, -0.05) is 91.0 Å². The summed E-state index contributed by atoms with van der Waals surface area (Å²) in [5.41, 5.74) is 2.93. The third-order valence-corrected chi connectivity index (χ3v) is 5.60. The smallest absolute Gasteiger partial charge is 0.184 e. The first-order valence-electron chi connectivity index (χ1n) is 11.1. The minimum Gasteiger partial charge on any atom is -0.387 e. The highest BCUT2D eigenvalue weighted by molar-refractivity contribution is 5.15. The van der Waals surface area contributed by atoms with Gasteiger partial charge in [0.05, 0.1) is 26.4 Å². The van der Waals surface area contributed by atoms with Gasteiger partial charge < -0.3 is 29.2 Å². The predicted octanol–water partition coefficient (Wildman–Crippen LogP) is 3.45.